The van der Waals surface area contributed by atoms with Crippen LogP contribution in [0.25, 0.3) is 22.6 Å². The minimum Gasteiger partial charge on any atom is -0.496 e. The molecule has 0 aliphatic heterocycles. The van der Waals surface area contributed by atoms with Gasteiger partial charge in [0.05, 0.1) is 23.4 Å². The van der Waals surface area contributed by atoms with Gasteiger partial charge in [0.1, 0.15) is 11.3 Å². The van der Waals surface area contributed by atoms with E-state index in [1.807, 2.05) is 24.3 Å². The van der Waals surface area contributed by atoms with E-state index in [9.17, 15) is 4.79 Å². The van der Waals surface area contributed by atoms with E-state index in [-0.39, 0.29) is 5.91 Å². The van der Waals surface area contributed by atoms with E-state index in [0.29, 0.717) is 39.4 Å². The third kappa shape index (κ3) is 3.89. The highest BCUT2D eigenvalue weighted by molar-refractivity contribution is 6.34. The lowest BCUT2D eigenvalue weighted by atomic mass is 10.0. The number of hydrogen-bond acceptors (Lipinski definition) is 4. The smallest absolute Gasteiger partial charge is 0.259 e. The number of anilines is 1. The van der Waals surface area contributed by atoms with Gasteiger partial charge in [-0.2, -0.15) is 0 Å². The highest BCUT2D eigenvalue weighted by atomic mass is 35.5. The van der Waals surface area contributed by atoms with Gasteiger partial charge in [-0.25, -0.2) is 4.98 Å². The number of halogens is 1. The molecule has 152 valence electrons. The third-order valence-electron chi connectivity index (χ3n) is 4.89. The number of benzene rings is 3. The van der Waals surface area contributed by atoms with Gasteiger partial charge in [0, 0.05) is 5.56 Å². The van der Waals surface area contributed by atoms with Crippen LogP contribution in [-0.2, 0) is 0 Å². The lowest BCUT2D eigenvalue weighted by Gasteiger charge is -2.11. The largest absolute Gasteiger partial charge is 0.496 e. The van der Waals surface area contributed by atoms with Crippen molar-refractivity contribution >= 4 is 34.3 Å². The maximum Gasteiger partial charge on any atom is 0.259 e. The lowest BCUT2D eigenvalue weighted by Crippen LogP contribution is -2.13. The molecule has 4 rings (SSSR count). The first-order chi connectivity index (χ1) is 14.5. The Hall–Kier alpha value is -3.31. The third-order valence-corrected chi connectivity index (χ3v) is 5.22. The Morgan fingerprint density at radius 1 is 1.10 bits per heavy atom. The Bertz CT molecular complexity index is 1230. The van der Waals surface area contributed by atoms with Gasteiger partial charge in [-0.1, -0.05) is 43.6 Å². The van der Waals surface area contributed by atoms with Crippen LogP contribution >= 0.6 is 11.6 Å². The van der Waals surface area contributed by atoms with Crippen LogP contribution < -0.4 is 10.1 Å². The summed E-state index contributed by atoms with van der Waals surface area (Å²) in [6, 6.07) is 18.3. The number of aromatic nitrogens is 1. The fraction of sp³-hybridized carbons (Fsp3) is 0.167. The van der Waals surface area contributed by atoms with Crippen LogP contribution in [0.3, 0.4) is 0 Å². The first-order valence-electron chi connectivity index (χ1n) is 9.61. The number of amides is 1. The number of carbonyl (C=O) groups is 1. The van der Waals surface area contributed by atoms with Crippen molar-refractivity contribution in [2.75, 3.05) is 12.4 Å². The molecule has 1 aromatic heterocycles. The number of nitrogens with one attached hydrogen (secondary N) is 1. The Morgan fingerprint density at radius 2 is 1.90 bits per heavy atom. The predicted octanol–water partition coefficient (Wildman–Crippen LogP) is 6.53. The molecule has 0 saturated carbocycles. The Morgan fingerprint density at radius 3 is 2.67 bits per heavy atom. The first-order valence-corrected chi connectivity index (χ1v) is 9.99. The molecular weight excluding hydrogens is 400 g/mol. The van der Waals surface area contributed by atoms with Crippen molar-refractivity contribution in [2.24, 2.45) is 0 Å². The molecule has 1 amide bonds. The molecule has 30 heavy (non-hydrogen) atoms. The molecule has 0 aliphatic carbocycles. The molecule has 6 heteroatoms. The summed E-state index contributed by atoms with van der Waals surface area (Å²) in [5.41, 5.74) is 4.31. The van der Waals surface area contributed by atoms with Crippen LogP contribution in [0.5, 0.6) is 5.75 Å². The molecule has 5 nitrogen and oxygen atoms in total. The maximum atomic E-state index is 12.7. The van der Waals surface area contributed by atoms with E-state index in [2.05, 4.69) is 24.1 Å². The van der Waals surface area contributed by atoms with E-state index in [4.69, 9.17) is 20.8 Å². The van der Waals surface area contributed by atoms with E-state index in [1.165, 1.54) is 12.7 Å². The van der Waals surface area contributed by atoms with Gasteiger partial charge < -0.3 is 14.5 Å². The van der Waals surface area contributed by atoms with Crippen molar-refractivity contribution < 1.29 is 13.9 Å². The minimum atomic E-state index is -0.314. The molecule has 0 unspecified atom stereocenters. The predicted molar refractivity (Wildman–Crippen MR) is 119 cm³/mol. The zero-order chi connectivity index (χ0) is 21.3. The normalized spacial score (nSPS) is 11.1. The average molecular weight is 421 g/mol. The number of ether oxygens (including phenoxy) is 1. The second kappa shape index (κ2) is 8.20. The van der Waals surface area contributed by atoms with Crippen molar-refractivity contribution in [3.63, 3.8) is 0 Å². The van der Waals surface area contributed by atoms with E-state index >= 15 is 0 Å². The van der Waals surface area contributed by atoms with Gasteiger partial charge in [0.2, 0.25) is 5.89 Å². The van der Waals surface area contributed by atoms with Crippen LogP contribution in [-0.4, -0.2) is 18.0 Å². The highest BCUT2D eigenvalue weighted by Gasteiger charge is 2.16. The van der Waals surface area contributed by atoms with Crippen LogP contribution in [0.15, 0.2) is 65.1 Å². The fourth-order valence-electron chi connectivity index (χ4n) is 3.20. The molecule has 3 aromatic carbocycles. The Balaban J connectivity index is 1.66. The second-order valence-electron chi connectivity index (χ2n) is 7.25. The molecule has 4 aromatic rings. The summed E-state index contributed by atoms with van der Waals surface area (Å²) < 4.78 is 11.2. The van der Waals surface area contributed by atoms with Gasteiger partial charge in [-0.05, 0) is 53.9 Å². The average Bonchev–Trinajstić information content (AvgIpc) is 3.18. The van der Waals surface area contributed by atoms with Gasteiger partial charge >= 0.3 is 0 Å². The molecule has 0 fully saturated rings. The van der Waals surface area contributed by atoms with Crippen molar-refractivity contribution in [1.29, 1.82) is 0 Å². The summed E-state index contributed by atoms with van der Waals surface area (Å²) in [6.07, 6.45) is 0. The number of methoxy groups -OCH3 is 1. The number of nitrogens with zero attached hydrogens (tertiary/aromatic N) is 1. The number of fused-ring (bicyclic) bond motifs is 1. The Labute approximate surface area is 179 Å². The number of oxazole rings is 1. The summed E-state index contributed by atoms with van der Waals surface area (Å²) in [4.78, 5) is 17.4. The second-order valence-corrected chi connectivity index (χ2v) is 7.66. The number of rotatable bonds is 5. The van der Waals surface area contributed by atoms with Crippen LogP contribution in [0.4, 0.5) is 5.69 Å². The summed E-state index contributed by atoms with van der Waals surface area (Å²) >= 11 is 6.33. The van der Waals surface area contributed by atoms with Crippen molar-refractivity contribution in [3.05, 3.63) is 76.8 Å². The Kier molecular flexibility index (Phi) is 5.46. The van der Waals surface area contributed by atoms with Gasteiger partial charge in [0.25, 0.3) is 5.91 Å². The van der Waals surface area contributed by atoms with Crippen LogP contribution in [0.2, 0.25) is 5.02 Å². The quantitative estimate of drug-likeness (QED) is 0.398. The standard InChI is InChI=1S/C24H21ClN2O3/c1-14(2)15-9-11-22-20(12-15)27-24(30-22)16-8-10-18(25)19(13-16)26-23(28)17-6-4-5-7-21(17)29-3/h4-14H,1-3H3,(H,26,28). The number of carbonyl (C=O) groups excluding carboxylic acids is 1. The maximum absolute atomic E-state index is 12.7. The van der Waals surface area contributed by atoms with Gasteiger partial charge in [0.15, 0.2) is 5.58 Å². The highest BCUT2D eigenvalue weighted by Crippen LogP contribution is 2.32. The topological polar surface area (TPSA) is 64.4 Å². The fourth-order valence-corrected chi connectivity index (χ4v) is 3.37. The first kappa shape index (κ1) is 20.0. The van der Waals surface area contributed by atoms with Crippen molar-refractivity contribution in [1.82, 2.24) is 4.98 Å². The van der Waals surface area contributed by atoms with Gasteiger partial charge in [-0.15, -0.1) is 0 Å². The molecule has 0 atom stereocenters. The molecule has 0 saturated heterocycles. The molecule has 0 spiro atoms. The van der Waals surface area contributed by atoms with Crippen LogP contribution in [0, 0.1) is 0 Å². The zero-order valence-electron chi connectivity index (χ0n) is 16.9. The van der Waals surface area contributed by atoms with Crippen molar-refractivity contribution in [3.8, 4) is 17.2 Å². The molecule has 1 heterocycles. The summed E-state index contributed by atoms with van der Waals surface area (Å²) in [5, 5.41) is 3.27. The SMILES string of the molecule is COc1ccccc1C(=O)Nc1cc(-c2nc3cc(C(C)C)ccc3o2)ccc1Cl. The van der Waals surface area contributed by atoms with Crippen molar-refractivity contribution in [2.45, 2.75) is 19.8 Å². The zero-order valence-corrected chi connectivity index (χ0v) is 17.7. The molecule has 1 N–H and O–H groups in total. The summed E-state index contributed by atoms with van der Waals surface area (Å²) in [5.74, 6) is 1.05. The minimum absolute atomic E-state index is 0.314. The molecular formula is C24H21ClN2O3. The molecule has 0 radical (unpaired) electrons. The summed E-state index contributed by atoms with van der Waals surface area (Å²) in [6.45, 7) is 4.27. The number of hydrogen-bond donors (Lipinski definition) is 1. The van der Waals surface area contributed by atoms with E-state index < -0.39 is 0 Å². The van der Waals surface area contributed by atoms with Gasteiger partial charge in [-0.3, -0.25) is 4.79 Å². The van der Waals surface area contributed by atoms with Crippen LogP contribution in [0.1, 0.15) is 35.7 Å². The number of para-hydroxylation sites is 1. The lowest BCUT2D eigenvalue weighted by molar-refractivity contribution is 0.102. The van der Waals surface area contributed by atoms with E-state index in [1.54, 1.807) is 36.4 Å². The van der Waals surface area contributed by atoms with E-state index in [0.717, 1.165) is 11.1 Å². The molecule has 0 bridgehead atoms. The summed E-state index contributed by atoms with van der Waals surface area (Å²) in [7, 11) is 1.53. The molecule has 0 aliphatic rings. The monoisotopic (exact) mass is 420 g/mol.